The minimum absolute atomic E-state index is 0.114. The number of piperidine rings is 1. The molecule has 1 N–H and O–H groups in total. The Morgan fingerprint density at radius 1 is 1.04 bits per heavy atom. The van der Waals surface area contributed by atoms with E-state index in [1.807, 2.05) is 42.5 Å². The lowest BCUT2D eigenvalue weighted by Gasteiger charge is -2.31. The molecular weight excluding hydrogens is 367 g/mol. The first-order valence-corrected chi connectivity index (χ1v) is 9.85. The number of nitrogens with zero attached hydrogens (tertiary/aromatic N) is 1. The Kier molecular flexibility index (Phi) is 6.95. The van der Waals surface area contributed by atoms with E-state index in [0.29, 0.717) is 6.54 Å². The van der Waals surface area contributed by atoms with Crippen LogP contribution in [0.15, 0.2) is 48.5 Å². The number of rotatable bonds is 6. The van der Waals surface area contributed by atoms with Gasteiger partial charge in [0.2, 0.25) is 5.91 Å². The van der Waals surface area contributed by atoms with E-state index in [1.54, 1.807) is 0 Å². The van der Waals surface area contributed by atoms with Gasteiger partial charge in [-0.3, -0.25) is 9.69 Å². The molecule has 1 amide bonds. The van der Waals surface area contributed by atoms with Crippen LogP contribution in [-0.4, -0.2) is 30.4 Å². The molecule has 5 heteroatoms. The van der Waals surface area contributed by atoms with Crippen LogP contribution in [0.1, 0.15) is 24.0 Å². The van der Waals surface area contributed by atoms with E-state index in [9.17, 15) is 4.79 Å². The lowest BCUT2D eigenvalue weighted by Crippen LogP contribution is -2.40. The summed E-state index contributed by atoms with van der Waals surface area (Å²) in [6, 6.07) is 15.7. The first-order valence-electron chi connectivity index (χ1n) is 9.10. The van der Waals surface area contributed by atoms with Crippen molar-refractivity contribution in [2.24, 2.45) is 5.92 Å². The Hall–Kier alpha value is -1.55. The van der Waals surface area contributed by atoms with Crippen LogP contribution in [0, 0.1) is 5.92 Å². The quantitative estimate of drug-likeness (QED) is 0.783. The Labute approximate surface area is 165 Å². The average Bonchev–Trinajstić information content (AvgIpc) is 2.66. The fourth-order valence-electron chi connectivity index (χ4n) is 3.35. The Morgan fingerprint density at radius 2 is 1.73 bits per heavy atom. The molecule has 0 unspecified atom stereocenters. The van der Waals surface area contributed by atoms with E-state index >= 15 is 0 Å². The highest BCUT2D eigenvalue weighted by atomic mass is 35.5. The Bertz CT molecular complexity index is 725. The van der Waals surface area contributed by atoms with Crippen molar-refractivity contribution in [2.75, 3.05) is 19.6 Å². The van der Waals surface area contributed by atoms with Gasteiger partial charge in [0.25, 0.3) is 0 Å². The van der Waals surface area contributed by atoms with Gasteiger partial charge in [-0.15, -0.1) is 0 Å². The summed E-state index contributed by atoms with van der Waals surface area (Å²) < 4.78 is 0. The molecule has 26 heavy (non-hydrogen) atoms. The second-order valence-electron chi connectivity index (χ2n) is 6.81. The normalized spacial score (nSPS) is 15.8. The van der Waals surface area contributed by atoms with Crippen molar-refractivity contribution in [3.8, 4) is 0 Å². The number of amides is 1. The first-order chi connectivity index (χ1) is 12.6. The molecule has 1 saturated heterocycles. The second kappa shape index (κ2) is 9.40. The summed E-state index contributed by atoms with van der Waals surface area (Å²) in [5, 5.41) is 4.63. The molecule has 0 radical (unpaired) electrons. The molecule has 0 aromatic heterocycles. The molecule has 0 atom stereocenters. The summed E-state index contributed by atoms with van der Waals surface area (Å²) in [4.78, 5) is 14.8. The maximum absolute atomic E-state index is 12.4. The third-order valence-electron chi connectivity index (χ3n) is 4.94. The molecule has 1 aliphatic rings. The van der Waals surface area contributed by atoms with Crippen molar-refractivity contribution in [3.63, 3.8) is 0 Å². The Morgan fingerprint density at radius 3 is 2.42 bits per heavy atom. The Balaban J connectivity index is 1.39. The summed E-state index contributed by atoms with van der Waals surface area (Å²) in [5.41, 5.74) is 2.34. The predicted octanol–water partition coefficient (Wildman–Crippen LogP) is 4.56. The number of carbonyl (C=O) groups excluding carboxylic acids is 1. The summed E-state index contributed by atoms with van der Waals surface area (Å²) in [5.74, 6) is 0.291. The fourth-order valence-corrected chi connectivity index (χ4v) is 3.67. The van der Waals surface area contributed by atoms with Crippen LogP contribution in [0.5, 0.6) is 0 Å². The molecule has 0 spiro atoms. The fraction of sp³-hybridized carbons (Fsp3) is 0.381. The number of likely N-dealkylation sites (tertiary alicyclic amines) is 1. The van der Waals surface area contributed by atoms with Crippen LogP contribution in [0.2, 0.25) is 10.0 Å². The number of hydrogen-bond acceptors (Lipinski definition) is 2. The van der Waals surface area contributed by atoms with Crippen LogP contribution >= 0.6 is 23.2 Å². The van der Waals surface area contributed by atoms with Crippen LogP contribution in [0.4, 0.5) is 0 Å². The predicted molar refractivity (Wildman–Crippen MR) is 108 cm³/mol. The number of halogens is 2. The molecule has 1 fully saturated rings. The van der Waals surface area contributed by atoms with Gasteiger partial charge in [-0.2, -0.15) is 0 Å². The van der Waals surface area contributed by atoms with E-state index < -0.39 is 0 Å². The van der Waals surface area contributed by atoms with Crippen molar-refractivity contribution in [1.29, 1.82) is 0 Å². The zero-order valence-electron chi connectivity index (χ0n) is 14.8. The minimum Gasteiger partial charge on any atom is -0.356 e. The molecule has 138 valence electrons. The third-order valence-corrected chi connectivity index (χ3v) is 5.56. The van der Waals surface area contributed by atoms with Crippen LogP contribution in [0.25, 0.3) is 0 Å². The number of nitrogens with one attached hydrogen (secondary N) is 1. The summed E-state index contributed by atoms with van der Waals surface area (Å²) in [7, 11) is 0. The van der Waals surface area contributed by atoms with Crippen molar-refractivity contribution in [1.82, 2.24) is 10.2 Å². The van der Waals surface area contributed by atoms with Gasteiger partial charge in [0.05, 0.1) is 0 Å². The number of hydrogen-bond donors (Lipinski definition) is 1. The average molecular weight is 391 g/mol. The lowest BCUT2D eigenvalue weighted by molar-refractivity contribution is -0.126. The number of benzene rings is 2. The molecule has 3 rings (SSSR count). The lowest BCUT2D eigenvalue weighted by atomic mass is 9.95. The van der Waals surface area contributed by atoms with Gasteiger partial charge in [0.1, 0.15) is 0 Å². The largest absolute Gasteiger partial charge is 0.356 e. The smallest absolute Gasteiger partial charge is 0.223 e. The topological polar surface area (TPSA) is 32.3 Å². The zero-order valence-corrected chi connectivity index (χ0v) is 16.3. The highest BCUT2D eigenvalue weighted by Crippen LogP contribution is 2.22. The van der Waals surface area contributed by atoms with Crippen molar-refractivity contribution in [3.05, 3.63) is 69.7 Å². The van der Waals surface area contributed by atoms with Crippen molar-refractivity contribution >= 4 is 29.1 Å². The van der Waals surface area contributed by atoms with Gasteiger partial charge in [-0.25, -0.2) is 0 Å². The molecule has 3 nitrogen and oxygen atoms in total. The van der Waals surface area contributed by atoms with E-state index in [0.717, 1.165) is 54.5 Å². The molecule has 1 aliphatic heterocycles. The molecule has 0 saturated carbocycles. The van der Waals surface area contributed by atoms with Gasteiger partial charge >= 0.3 is 0 Å². The van der Waals surface area contributed by atoms with Gasteiger partial charge in [-0.1, -0.05) is 53.5 Å². The maximum Gasteiger partial charge on any atom is 0.223 e. The minimum atomic E-state index is 0.114. The SMILES string of the molecule is O=C(NCCc1ccc(Cl)cc1)C1CCN(Cc2ccccc2Cl)CC1. The third kappa shape index (κ3) is 5.47. The molecule has 2 aromatic rings. The maximum atomic E-state index is 12.4. The summed E-state index contributed by atoms with van der Waals surface area (Å²) in [6.07, 6.45) is 2.63. The van der Waals surface area contributed by atoms with E-state index in [1.165, 1.54) is 5.56 Å². The zero-order chi connectivity index (χ0) is 18.4. The van der Waals surface area contributed by atoms with Gasteiger partial charge < -0.3 is 5.32 Å². The molecule has 0 bridgehead atoms. The van der Waals surface area contributed by atoms with E-state index in [4.69, 9.17) is 23.2 Å². The molecule has 1 heterocycles. The van der Waals surface area contributed by atoms with Crippen LogP contribution in [0.3, 0.4) is 0 Å². The molecular formula is C21H24Cl2N2O. The van der Waals surface area contributed by atoms with Gasteiger partial charge in [0.15, 0.2) is 0 Å². The van der Waals surface area contributed by atoms with Crippen LogP contribution < -0.4 is 5.32 Å². The second-order valence-corrected chi connectivity index (χ2v) is 7.65. The van der Waals surface area contributed by atoms with Crippen LogP contribution in [-0.2, 0) is 17.8 Å². The van der Waals surface area contributed by atoms with Gasteiger partial charge in [0, 0.05) is 29.1 Å². The molecule has 2 aromatic carbocycles. The van der Waals surface area contributed by atoms with Crippen molar-refractivity contribution < 1.29 is 4.79 Å². The molecule has 0 aliphatic carbocycles. The first kappa shape index (κ1) is 19.2. The summed E-state index contributed by atoms with van der Waals surface area (Å²) >= 11 is 12.1. The highest BCUT2D eigenvalue weighted by molar-refractivity contribution is 6.31. The highest BCUT2D eigenvalue weighted by Gasteiger charge is 2.24. The number of carbonyl (C=O) groups is 1. The van der Waals surface area contributed by atoms with E-state index in [-0.39, 0.29) is 11.8 Å². The monoisotopic (exact) mass is 390 g/mol. The van der Waals surface area contributed by atoms with Crippen molar-refractivity contribution in [2.45, 2.75) is 25.8 Å². The van der Waals surface area contributed by atoms with E-state index in [2.05, 4.69) is 16.3 Å². The van der Waals surface area contributed by atoms with Gasteiger partial charge in [-0.05, 0) is 61.7 Å². The summed E-state index contributed by atoms with van der Waals surface area (Å²) in [6.45, 7) is 3.38. The standard InChI is InChI=1S/C21H24Cl2N2O/c22-19-7-5-16(6-8-19)9-12-24-21(26)17-10-13-25(14-11-17)15-18-3-1-2-4-20(18)23/h1-8,17H,9-15H2,(H,24,26).